The summed E-state index contributed by atoms with van der Waals surface area (Å²) in [6, 6.07) is 10.7. The van der Waals surface area contributed by atoms with Gasteiger partial charge in [0.25, 0.3) is 5.91 Å². The van der Waals surface area contributed by atoms with Crippen LogP contribution in [0.5, 0.6) is 0 Å². The molecule has 0 saturated heterocycles. The highest BCUT2D eigenvalue weighted by atomic mass is 16.1. The molecule has 1 aliphatic rings. The van der Waals surface area contributed by atoms with E-state index in [1.807, 2.05) is 44.1 Å². The van der Waals surface area contributed by atoms with Crippen LogP contribution in [0.15, 0.2) is 30.3 Å². The summed E-state index contributed by atoms with van der Waals surface area (Å²) in [7, 11) is 3.97. The van der Waals surface area contributed by atoms with Crippen LogP contribution in [-0.2, 0) is 6.42 Å². The number of unbranched alkanes of at least 4 members (excludes halogenated alkanes) is 2. The molecule has 1 amide bonds. The molecule has 1 aromatic carbocycles. The van der Waals surface area contributed by atoms with Gasteiger partial charge in [0.2, 0.25) is 0 Å². The van der Waals surface area contributed by atoms with Crippen molar-refractivity contribution in [2.75, 3.05) is 24.3 Å². The van der Waals surface area contributed by atoms with Crippen LogP contribution >= 0.6 is 0 Å². The topological polar surface area (TPSA) is 70.2 Å². The smallest absolute Gasteiger partial charge is 0.251 e. The molecule has 2 N–H and O–H groups in total. The fourth-order valence-corrected chi connectivity index (χ4v) is 4.12. The van der Waals surface area contributed by atoms with Crippen molar-refractivity contribution in [2.45, 2.75) is 77.3 Å². The number of carbonyl (C=O) groups is 1. The van der Waals surface area contributed by atoms with Gasteiger partial charge >= 0.3 is 0 Å². The molecule has 31 heavy (non-hydrogen) atoms. The number of aromatic nitrogens is 2. The lowest BCUT2D eigenvalue weighted by Gasteiger charge is -2.30. The van der Waals surface area contributed by atoms with Crippen LogP contribution in [0.1, 0.15) is 73.6 Å². The highest BCUT2D eigenvalue weighted by Gasteiger charge is 2.23. The van der Waals surface area contributed by atoms with Gasteiger partial charge in [0.15, 0.2) is 0 Å². The molecule has 1 heterocycles. The Labute approximate surface area is 186 Å². The predicted octanol–water partition coefficient (Wildman–Crippen LogP) is 4.74. The summed E-state index contributed by atoms with van der Waals surface area (Å²) in [5.41, 5.74) is 2.07. The number of hydrogen-bond donors (Lipinski definition) is 2. The number of rotatable bonds is 9. The van der Waals surface area contributed by atoms with Gasteiger partial charge in [0, 0.05) is 37.8 Å². The summed E-state index contributed by atoms with van der Waals surface area (Å²) < 4.78 is 0. The fourth-order valence-electron chi connectivity index (χ4n) is 4.12. The number of nitrogens with zero attached hydrogens (tertiary/aromatic N) is 3. The Morgan fingerprint density at radius 3 is 2.35 bits per heavy atom. The van der Waals surface area contributed by atoms with Crippen LogP contribution in [0, 0.1) is 6.92 Å². The fraction of sp³-hybridized carbons (Fsp3) is 0.560. The Bertz CT molecular complexity index is 841. The molecular weight excluding hydrogens is 386 g/mol. The van der Waals surface area contributed by atoms with E-state index in [0.29, 0.717) is 6.04 Å². The van der Waals surface area contributed by atoms with Crippen molar-refractivity contribution < 1.29 is 4.79 Å². The van der Waals surface area contributed by atoms with Gasteiger partial charge in [0.05, 0.1) is 0 Å². The summed E-state index contributed by atoms with van der Waals surface area (Å²) in [4.78, 5) is 23.6. The van der Waals surface area contributed by atoms with Crippen LogP contribution in [0.2, 0.25) is 0 Å². The van der Waals surface area contributed by atoms with Gasteiger partial charge in [-0.1, -0.05) is 31.9 Å². The molecule has 0 unspecified atom stereocenters. The molecule has 1 saturated carbocycles. The predicted molar refractivity (Wildman–Crippen MR) is 128 cm³/mol. The zero-order valence-electron chi connectivity index (χ0n) is 19.4. The van der Waals surface area contributed by atoms with Gasteiger partial charge in [-0.15, -0.1) is 0 Å². The zero-order chi connectivity index (χ0) is 22.2. The Morgan fingerprint density at radius 1 is 1.03 bits per heavy atom. The zero-order valence-corrected chi connectivity index (χ0v) is 19.4. The lowest BCUT2D eigenvalue weighted by Crippen LogP contribution is -2.40. The minimum atomic E-state index is 0.0403. The standard InChI is InChI=1S/C25H37N5O/c1-5-6-7-8-19-9-11-20(12-10-19)25(31)29-22-15-13-21(14-16-22)28-23-17-24(30(3)4)27-18(2)26-23/h9-12,17,21-22H,5-8,13-16H2,1-4H3,(H,29,31)(H,26,27,28). The first-order chi connectivity index (χ1) is 14.9. The van der Waals surface area contributed by atoms with Crippen LogP contribution in [0.3, 0.4) is 0 Å². The Kier molecular flexibility index (Phi) is 8.27. The highest BCUT2D eigenvalue weighted by Crippen LogP contribution is 2.23. The van der Waals surface area contributed by atoms with Crippen molar-refractivity contribution in [2.24, 2.45) is 0 Å². The van der Waals surface area contributed by atoms with E-state index in [1.165, 1.54) is 24.8 Å². The van der Waals surface area contributed by atoms with Gasteiger partial charge in [-0.25, -0.2) is 9.97 Å². The SMILES string of the molecule is CCCCCc1ccc(C(=O)NC2CCC(Nc3cc(N(C)C)nc(C)n3)CC2)cc1. The van der Waals surface area contributed by atoms with E-state index in [4.69, 9.17) is 0 Å². The van der Waals surface area contributed by atoms with Gasteiger partial charge in [-0.2, -0.15) is 0 Å². The van der Waals surface area contributed by atoms with E-state index in [-0.39, 0.29) is 11.9 Å². The van der Waals surface area contributed by atoms with Gasteiger partial charge in [0.1, 0.15) is 17.5 Å². The van der Waals surface area contributed by atoms with E-state index in [1.54, 1.807) is 0 Å². The minimum Gasteiger partial charge on any atom is -0.367 e. The molecule has 1 aromatic heterocycles. The van der Waals surface area contributed by atoms with Gasteiger partial charge in [-0.05, 0) is 63.1 Å². The number of anilines is 2. The van der Waals surface area contributed by atoms with Crippen molar-refractivity contribution in [1.82, 2.24) is 15.3 Å². The van der Waals surface area contributed by atoms with Crippen LogP contribution in [0.4, 0.5) is 11.6 Å². The first-order valence-electron chi connectivity index (χ1n) is 11.6. The van der Waals surface area contributed by atoms with Crippen LogP contribution in [0.25, 0.3) is 0 Å². The Hall–Kier alpha value is -2.63. The largest absolute Gasteiger partial charge is 0.367 e. The van der Waals surface area contributed by atoms with Crippen LogP contribution < -0.4 is 15.5 Å². The number of aryl methyl sites for hydroxylation is 2. The minimum absolute atomic E-state index is 0.0403. The molecule has 0 bridgehead atoms. The second-order valence-electron chi connectivity index (χ2n) is 8.87. The van der Waals surface area contributed by atoms with Crippen molar-refractivity contribution in [3.8, 4) is 0 Å². The van der Waals surface area contributed by atoms with Crippen LogP contribution in [-0.4, -0.2) is 42.1 Å². The van der Waals surface area contributed by atoms with Crippen molar-refractivity contribution >= 4 is 17.5 Å². The monoisotopic (exact) mass is 423 g/mol. The molecule has 0 aliphatic heterocycles. The number of amides is 1. The van der Waals surface area contributed by atoms with Crippen molar-refractivity contribution in [3.63, 3.8) is 0 Å². The third-order valence-corrected chi connectivity index (χ3v) is 5.98. The quantitative estimate of drug-likeness (QED) is 0.570. The molecule has 6 heteroatoms. The molecule has 6 nitrogen and oxygen atoms in total. The summed E-state index contributed by atoms with van der Waals surface area (Å²) in [5, 5.41) is 6.78. The molecular formula is C25H37N5O. The molecule has 0 spiro atoms. The maximum absolute atomic E-state index is 12.6. The number of hydrogen-bond acceptors (Lipinski definition) is 5. The second kappa shape index (κ2) is 11.1. The summed E-state index contributed by atoms with van der Waals surface area (Å²) >= 11 is 0. The first kappa shape index (κ1) is 23.0. The molecule has 2 aromatic rings. The normalized spacial score (nSPS) is 18.5. The van der Waals surface area contributed by atoms with E-state index in [9.17, 15) is 4.79 Å². The molecule has 3 rings (SSSR count). The Morgan fingerprint density at radius 2 is 1.71 bits per heavy atom. The molecule has 0 radical (unpaired) electrons. The molecule has 1 fully saturated rings. The third kappa shape index (κ3) is 6.94. The number of nitrogens with one attached hydrogen (secondary N) is 2. The molecule has 0 atom stereocenters. The van der Waals surface area contributed by atoms with Gasteiger partial charge in [-0.3, -0.25) is 4.79 Å². The van der Waals surface area contributed by atoms with E-state index in [0.717, 1.165) is 55.1 Å². The first-order valence-corrected chi connectivity index (χ1v) is 11.6. The average molecular weight is 424 g/mol. The van der Waals surface area contributed by atoms with Crippen molar-refractivity contribution in [3.05, 3.63) is 47.3 Å². The summed E-state index contributed by atoms with van der Waals surface area (Å²) in [6.45, 7) is 4.14. The van der Waals surface area contributed by atoms with E-state index in [2.05, 4.69) is 39.7 Å². The lowest BCUT2D eigenvalue weighted by molar-refractivity contribution is 0.0926. The summed E-state index contributed by atoms with van der Waals surface area (Å²) in [5.74, 6) is 2.60. The lowest BCUT2D eigenvalue weighted by atomic mass is 9.91. The number of benzene rings is 1. The molecule has 1 aliphatic carbocycles. The molecule has 168 valence electrons. The van der Waals surface area contributed by atoms with E-state index >= 15 is 0 Å². The maximum atomic E-state index is 12.6. The Balaban J connectivity index is 1.46. The second-order valence-corrected chi connectivity index (χ2v) is 8.87. The van der Waals surface area contributed by atoms with Crippen molar-refractivity contribution in [1.29, 1.82) is 0 Å². The highest BCUT2D eigenvalue weighted by molar-refractivity contribution is 5.94. The number of carbonyl (C=O) groups excluding carboxylic acids is 1. The summed E-state index contributed by atoms with van der Waals surface area (Å²) in [6.07, 6.45) is 8.77. The average Bonchev–Trinajstić information content (AvgIpc) is 2.75. The van der Waals surface area contributed by atoms with Gasteiger partial charge < -0.3 is 15.5 Å². The van der Waals surface area contributed by atoms with E-state index < -0.39 is 0 Å². The maximum Gasteiger partial charge on any atom is 0.251 e. The third-order valence-electron chi connectivity index (χ3n) is 5.98.